The highest BCUT2D eigenvalue weighted by atomic mass is 16.7. The molecule has 1 aromatic rings. The Morgan fingerprint density at radius 1 is 1.45 bits per heavy atom. The zero-order valence-electron chi connectivity index (χ0n) is 11.3. The predicted molar refractivity (Wildman–Crippen MR) is 71.5 cm³/mol. The highest BCUT2D eigenvalue weighted by molar-refractivity contribution is 5.82. The van der Waals surface area contributed by atoms with Crippen molar-refractivity contribution in [3.05, 3.63) is 23.8 Å². The van der Waals surface area contributed by atoms with E-state index >= 15 is 0 Å². The Bertz CT molecular complexity index is 520. The summed E-state index contributed by atoms with van der Waals surface area (Å²) in [6.07, 6.45) is 0.0486. The Morgan fingerprint density at radius 3 is 3.00 bits per heavy atom. The molecule has 2 N–H and O–H groups in total. The molecule has 0 saturated carbocycles. The summed E-state index contributed by atoms with van der Waals surface area (Å²) in [7, 11) is 1.76. The summed E-state index contributed by atoms with van der Waals surface area (Å²) < 4.78 is 10.6. The van der Waals surface area contributed by atoms with Crippen LogP contribution in [-0.2, 0) is 11.3 Å². The van der Waals surface area contributed by atoms with E-state index in [0.29, 0.717) is 19.5 Å². The summed E-state index contributed by atoms with van der Waals surface area (Å²) in [6.45, 7) is 1.23. The summed E-state index contributed by atoms with van der Waals surface area (Å²) >= 11 is 0. The van der Waals surface area contributed by atoms with Crippen LogP contribution >= 0.6 is 0 Å². The molecule has 1 saturated heterocycles. The Hall–Kier alpha value is -1.79. The molecule has 6 heteroatoms. The molecular weight excluding hydrogens is 260 g/mol. The van der Waals surface area contributed by atoms with Crippen LogP contribution in [0.5, 0.6) is 11.5 Å². The first-order chi connectivity index (χ1) is 9.63. The monoisotopic (exact) mass is 278 g/mol. The van der Waals surface area contributed by atoms with Crippen LogP contribution in [0.25, 0.3) is 0 Å². The molecule has 0 radical (unpaired) electrons. The van der Waals surface area contributed by atoms with Crippen LogP contribution in [0.4, 0.5) is 0 Å². The number of nitrogens with zero attached hydrogens (tertiary/aromatic N) is 1. The molecule has 0 unspecified atom stereocenters. The van der Waals surface area contributed by atoms with Crippen LogP contribution in [0.2, 0.25) is 0 Å². The fraction of sp³-hybridized carbons (Fsp3) is 0.500. The van der Waals surface area contributed by atoms with Crippen molar-refractivity contribution in [3.8, 4) is 11.5 Å². The molecule has 6 nitrogen and oxygen atoms in total. The molecule has 2 aliphatic heterocycles. The number of aliphatic hydroxyl groups is 1. The van der Waals surface area contributed by atoms with Crippen molar-refractivity contribution in [2.24, 2.45) is 0 Å². The van der Waals surface area contributed by atoms with E-state index in [1.807, 2.05) is 18.2 Å². The van der Waals surface area contributed by atoms with Gasteiger partial charge in [-0.05, 0) is 24.1 Å². The number of β-amino-alcohol motifs (C(OH)–C–C–N with tert-alkyl or cyclic N) is 1. The first-order valence-electron chi connectivity index (χ1n) is 6.68. The molecule has 0 bridgehead atoms. The van der Waals surface area contributed by atoms with Gasteiger partial charge in [0.1, 0.15) is 0 Å². The van der Waals surface area contributed by atoms with E-state index in [0.717, 1.165) is 17.1 Å². The highest BCUT2D eigenvalue weighted by Crippen LogP contribution is 2.32. The lowest BCUT2D eigenvalue weighted by Crippen LogP contribution is -2.41. The Labute approximate surface area is 117 Å². The summed E-state index contributed by atoms with van der Waals surface area (Å²) in [5.41, 5.74) is 0.989. The molecule has 1 amide bonds. The number of nitrogens with one attached hydrogen (secondary N) is 1. The molecule has 0 aromatic heterocycles. The lowest BCUT2D eigenvalue weighted by molar-refractivity contribution is -0.132. The number of carbonyl (C=O) groups is 1. The minimum atomic E-state index is -0.428. The number of likely N-dealkylation sites (N-methyl/N-ethyl adjacent to an activating group) is 1. The first-order valence-corrected chi connectivity index (χ1v) is 6.68. The number of amides is 1. The topological polar surface area (TPSA) is 71.0 Å². The third kappa shape index (κ3) is 2.57. The van der Waals surface area contributed by atoms with Crippen molar-refractivity contribution in [2.45, 2.75) is 25.1 Å². The van der Waals surface area contributed by atoms with Crippen molar-refractivity contribution < 1.29 is 19.4 Å². The molecule has 1 aromatic carbocycles. The second kappa shape index (κ2) is 5.30. The number of hydrogen-bond acceptors (Lipinski definition) is 5. The third-order valence-electron chi connectivity index (χ3n) is 3.64. The van der Waals surface area contributed by atoms with Gasteiger partial charge in [0.05, 0.1) is 12.1 Å². The molecule has 2 aliphatic rings. The lowest BCUT2D eigenvalue weighted by atomic mass is 10.1. The van der Waals surface area contributed by atoms with E-state index in [-0.39, 0.29) is 18.7 Å². The van der Waals surface area contributed by atoms with E-state index in [1.165, 1.54) is 0 Å². The van der Waals surface area contributed by atoms with E-state index < -0.39 is 6.10 Å². The molecule has 0 spiro atoms. The number of ether oxygens (including phenoxy) is 2. The first kappa shape index (κ1) is 13.2. The molecule has 3 rings (SSSR count). The summed E-state index contributed by atoms with van der Waals surface area (Å²) in [5.74, 6) is 1.46. The number of rotatable bonds is 3. The third-order valence-corrected chi connectivity index (χ3v) is 3.64. The quantitative estimate of drug-likeness (QED) is 0.820. The van der Waals surface area contributed by atoms with Gasteiger partial charge in [0.15, 0.2) is 11.5 Å². The zero-order chi connectivity index (χ0) is 14.1. The Kier molecular flexibility index (Phi) is 3.50. The lowest BCUT2D eigenvalue weighted by Gasteiger charge is -2.21. The fourth-order valence-corrected chi connectivity index (χ4v) is 2.56. The minimum absolute atomic E-state index is 0.000725. The minimum Gasteiger partial charge on any atom is -0.454 e. The number of benzene rings is 1. The van der Waals surface area contributed by atoms with Crippen molar-refractivity contribution in [2.75, 3.05) is 20.4 Å². The smallest absolute Gasteiger partial charge is 0.239 e. The maximum absolute atomic E-state index is 12.2. The van der Waals surface area contributed by atoms with Crippen LogP contribution in [0.1, 0.15) is 12.0 Å². The average molecular weight is 278 g/mol. The molecule has 2 heterocycles. The maximum Gasteiger partial charge on any atom is 0.239 e. The summed E-state index contributed by atoms with van der Waals surface area (Å²) in [6, 6.07) is 5.38. The summed E-state index contributed by atoms with van der Waals surface area (Å²) in [4.78, 5) is 13.9. The normalized spacial score (nSPS) is 23.9. The fourth-order valence-electron chi connectivity index (χ4n) is 2.56. The van der Waals surface area contributed by atoms with Crippen LogP contribution in [0.15, 0.2) is 18.2 Å². The van der Waals surface area contributed by atoms with Gasteiger partial charge < -0.3 is 24.8 Å². The largest absolute Gasteiger partial charge is 0.454 e. The van der Waals surface area contributed by atoms with Gasteiger partial charge in [-0.15, -0.1) is 0 Å². The number of hydrogen-bond donors (Lipinski definition) is 2. The van der Waals surface area contributed by atoms with Gasteiger partial charge in [0, 0.05) is 20.1 Å². The zero-order valence-corrected chi connectivity index (χ0v) is 11.3. The van der Waals surface area contributed by atoms with Crippen LogP contribution in [0.3, 0.4) is 0 Å². The highest BCUT2D eigenvalue weighted by Gasteiger charge is 2.30. The second-order valence-electron chi connectivity index (χ2n) is 5.23. The molecule has 108 valence electrons. The molecule has 0 aliphatic carbocycles. The van der Waals surface area contributed by atoms with Gasteiger partial charge in [-0.25, -0.2) is 0 Å². The van der Waals surface area contributed by atoms with Crippen molar-refractivity contribution in [1.29, 1.82) is 0 Å². The van der Waals surface area contributed by atoms with E-state index in [4.69, 9.17) is 9.47 Å². The van der Waals surface area contributed by atoms with E-state index in [1.54, 1.807) is 11.9 Å². The number of fused-ring (bicyclic) bond motifs is 1. The summed E-state index contributed by atoms with van der Waals surface area (Å²) in [5, 5.41) is 12.5. The second-order valence-corrected chi connectivity index (χ2v) is 5.23. The van der Waals surface area contributed by atoms with Crippen LogP contribution in [0, 0.1) is 0 Å². The van der Waals surface area contributed by atoms with Gasteiger partial charge in [0.2, 0.25) is 12.7 Å². The van der Waals surface area contributed by atoms with Crippen molar-refractivity contribution in [1.82, 2.24) is 10.2 Å². The molecular formula is C14H18N2O4. The molecule has 2 atom stereocenters. The Morgan fingerprint density at radius 2 is 2.25 bits per heavy atom. The SMILES string of the molecule is CN(Cc1ccc2c(c1)OCO2)C(=O)[C@@H]1C[C@@H](O)CN1. The van der Waals surface area contributed by atoms with Gasteiger partial charge in [-0.3, -0.25) is 4.79 Å². The van der Waals surface area contributed by atoms with Crippen LogP contribution < -0.4 is 14.8 Å². The van der Waals surface area contributed by atoms with Crippen molar-refractivity contribution in [3.63, 3.8) is 0 Å². The molecule has 1 fully saturated rings. The Balaban J connectivity index is 1.63. The number of carbonyl (C=O) groups excluding carboxylic acids is 1. The number of aliphatic hydroxyl groups excluding tert-OH is 1. The predicted octanol–water partition coefficient (Wildman–Crippen LogP) is 0.0965. The molecule has 20 heavy (non-hydrogen) atoms. The van der Waals surface area contributed by atoms with Gasteiger partial charge in [0.25, 0.3) is 0 Å². The van der Waals surface area contributed by atoms with Gasteiger partial charge in [-0.1, -0.05) is 6.07 Å². The van der Waals surface area contributed by atoms with Gasteiger partial charge in [-0.2, -0.15) is 0 Å². The van der Waals surface area contributed by atoms with Crippen molar-refractivity contribution >= 4 is 5.91 Å². The average Bonchev–Trinajstić information content (AvgIpc) is 3.05. The van der Waals surface area contributed by atoms with Crippen LogP contribution in [-0.4, -0.2) is 48.4 Å². The van der Waals surface area contributed by atoms with Gasteiger partial charge >= 0.3 is 0 Å². The van der Waals surface area contributed by atoms with E-state index in [2.05, 4.69) is 5.32 Å². The standard InChI is InChI=1S/C14H18N2O4/c1-16(14(18)11-5-10(17)6-15-11)7-9-2-3-12-13(4-9)20-8-19-12/h2-4,10-11,15,17H,5-8H2,1H3/t10-,11+/m1/s1. The van der Waals surface area contributed by atoms with E-state index in [9.17, 15) is 9.90 Å². The maximum atomic E-state index is 12.2.